The molecular weight excluding hydrogens is 449 g/mol. The fraction of sp³-hybridized carbons (Fsp3) is 0.235. The summed E-state index contributed by atoms with van der Waals surface area (Å²) >= 11 is 0.903. The van der Waals surface area contributed by atoms with E-state index < -0.39 is 36.5 Å². The zero-order chi connectivity index (χ0) is 21.4. The summed E-state index contributed by atoms with van der Waals surface area (Å²) in [5, 5.41) is 0. The zero-order valence-corrected chi connectivity index (χ0v) is 17.3. The van der Waals surface area contributed by atoms with Gasteiger partial charge < -0.3 is 0 Å². The van der Waals surface area contributed by atoms with E-state index in [1.807, 2.05) is 0 Å². The second-order valence-corrected chi connectivity index (χ2v) is 11.1. The number of sulfone groups is 1. The smallest absolute Gasteiger partial charge is 0.280 e. The molecule has 0 fully saturated rings. The monoisotopic (exact) mass is 464 g/mol. The van der Waals surface area contributed by atoms with Crippen molar-refractivity contribution >= 4 is 47.1 Å². The number of thiazole rings is 1. The number of rotatable bonds is 6. The molecule has 0 bridgehead atoms. The van der Waals surface area contributed by atoms with Crippen molar-refractivity contribution < 1.29 is 30.0 Å². The molecule has 3 aromatic rings. The van der Waals surface area contributed by atoms with E-state index in [0.717, 1.165) is 29.5 Å². The van der Waals surface area contributed by atoms with Gasteiger partial charge in [0.25, 0.3) is 10.0 Å². The van der Waals surface area contributed by atoms with Gasteiger partial charge in [0, 0.05) is 0 Å². The molecule has 0 radical (unpaired) electrons. The molecule has 3 rings (SSSR count). The van der Waals surface area contributed by atoms with Crippen LogP contribution in [0.15, 0.2) is 51.7 Å². The summed E-state index contributed by atoms with van der Waals surface area (Å²) in [7, 11) is -7.80. The van der Waals surface area contributed by atoms with E-state index >= 15 is 0 Å². The van der Waals surface area contributed by atoms with Crippen LogP contribution in [0.3, 0.4) is 0 Å². The van der Waals surface area contributed by atoms with E-state index in [-0.39, 0.29) is 15.8 Å². The normalized spacial score (nSPS) is 13.0. The third-order valence-corrected chi connectivity index (χ3v) is 8.60. The van der Waals surface area contributed by atoms with Crippen molar-refractivity contribution in [1.29, 1.82) is 0 Å². The maximum absolute atomic E-state index is 12.8. The minimum atomic E-state index is -4.67. The molecule has 12 heteroatoms. The molecule has 0 aliphatic carbocycles. The van der Waals surface area contributed by atoms with Gasteiger partial charge in [-0.1, -0.05) is 13.0 Å². The van der Waals surface area contributed by atoms with Gasteiger partial charge >= 0.3 is 6.18 Å². The molecule has 0 saturated heterocycles. The number of alkyl halides is 3. The van der Waals surface area contributed by atoms with Crippen molar-refractivity contribution in [3.63, 3.8) is 0 Å². The average molecular weight is 465 g/mol. The second-order valence-electron chi connectivity index (χ2n) is 6.11. The predicted molar refractivity (Wildman–Crippen MR) is 104 cm³/mol. The summed E-state index contributed by atoms with van der Waals surface area (Å²) in [6, 6.07) is 7.59. The van der Waals surface area contributed by atoms with Gasteiger partial charge in [0.2, 0.25) is 14.2 Å². The Morgan fingerprint density at radius 2 is 1.79 bits per heavy atom. The van der Waals surface area contributed by atoms with Crippen LogP contribution in [-0.2, 0) is 26.0 Å². The molecule has 156 valence electrons. The highest BCUT2D eigenvalue weighted by Crippen LogP contribution is 2.32. The topological polar surface area (TPSA) is 93.2 Å². The van der Waals surface area contributed by atoms with Crippen LogP contribution in [0.2, 0.25) is 0 Å². The van der Waals surface area contributed by atoms with Crippen LogP contribution in [-0.4, -0.2) is 27.6 Å². The highest BCUT2D eigenvalue weighted by atomic mass is 32.2. The zero-order valence-electron chi connectivity index (χ0n) is 14.9. The van der Waals surface area contributed by atoms with Gasteiger partial charge in [-0.2, -0.15) is 13.2 Å². The van der Waals surface area contributed by atoms with Crippen LogP contribution in [0, 0.1) is 0 Å². The average Bonchev–Trinajstić information content (AvgIpc) is 3.05. The lowest BCUT2D eigenvalue weighted by Gasteiger charge is -2.11. The Hall–Kier alpha value is -2.18. The first-order valence-electron chi connectivity index (χ1n) is 8.26. The highest BCUT2D eigenvalue weighted by molar-refractivity contribution is 7.93. The summed E-state index contributed by atoms with van der Waals surface area (Å²) < 4.78 is 90.4. The van der Waals surface area contributed by atoms with Crippen molar-refractivity contribution in [1.82, 2.24) is 4.98 Å². The van der Waals surface area contributed by atoms with E-state index in [4.69, 9.17) is 0 Å². The van der Waals surface area contributed by atoms with Gasteiger partial charge in [0.1, 0.15) is 0 Å². The minimum absolute atomic E-state index is 0.0537. The van der Waals surface area contributed by atoms with Crippen LogP contribution in [0.4, 0.5) is 18.9 Å². The number of benzene rings is 2. The van der Waals surface area contributed by atoms with Gasteiger partial charge in [0.05, 0.1) is 32.1 Å². The molecule has 0 spiro atoms. The molecular formula is C17H15F3N2O4S3. The number of hydrogen-bond acceptors (Lipinski definition) is 6. The number of hydrogen-bond donors (Lipinski definition) is 1. The Morgan fingerprint density at radius 3 is 2.45 bits per heavy atom. The van der Waals surface area contributed by atoms with Gasteiger partial charge in [-0.3, -0.25) is 4.72 Å². The van der Waals surface area contributed by atoms with Crippen molar-refractivity contribution in [3.8, 4) is 0 Å². The third-order valence-electron chi connectivity index (χ3n) is 3.83. The van der Waals surface area contributed by atoms with Gasteiger partial charge in [-0.25, -0.2) is 21.8 Å². The molecule has 0 saturated carbocycles. The number of anilines is 1. The third kappa shape index (κ3) is 4.70. The number of sulfonamides is 1. The largest absolute Gasteiger partial charge is 0.416 e. The van der Waals surface area contributed by atoms with Crippen molar-refractivity contribution in [2.45, 2.75) is 28.8 Å². The summed E-state index contributed by atoms with van der Waals surface area (Å²) in [4.78, 5) is 3.53. The maximum atomic E-state index is 12.8. The number of aromatic nitrogens is 1. The predicted octanol–water partition coefficient (Wildman–Crippen LogP) is 4.30. The van der Waals surface area contributed by atoms with Crippen LogP contribution in [0.1, 0.15) is 18.9 Å². The minimum Gasteiger partial charge on any atom is -0.280 e. The lowest BCUT2D eigenvalue weighted by molar-refractivity contribution is -0.137. The lowest BCUT2D eigenvalue weighted by atomic mass is 10.2. The van der Waals surface area contributed by atoms with Crippen molar-refractivity contribution in [2.24, 2.45) is 0 Å². The molecule has 0 aliphatic heterocycles. The summed E-state index contributed by atoms with van der Waals surface area (Å²) in [5.41, 5.74) is -0.617. The molecule has 0 atom stereocenters. The Morgan fingerprint density at radius 1 is 1.07 bits per heavy atom. The van der Waals surface area contributed by atoms with Gasteiger partial charge in [-0.15, -0.1) is 11.3 Å². The van der Waals surface area contributed by atoms with Gasteiger partial charge in [0.15, 0.2) is 0 Å². The van der Waals surface area contributed by atoms with Crippen LogP contribution in [0.25, 0.3) is 10.2 Å². The molecule has 0 unspecified atom stereocenters. The summed E-state index contributed by atoms with van der Waals surface area (Å²) in [5.74, 6) is -0.0537. The van der Waals surface area contributed by atoms with Crippen LogP contribution < -0.4 is 4.72 Å². The molecule has 6 nitrogen and oxygen atoms in total. The number of nitrogens with zero attached hydrogens (tertiary/aromatic N) is 1. The summed E-state index contributed by atoms with van der Waals surface area (Å²) in [6.45, 7) is 1.73. The number of nitrogens with one attached hydrogen (secondary N) is 1. The van der Waals surface area contributed by atoms with E-state index in [1.54, 1.807) is 6.92 Å². The molecule has 1 heterocycles. The van der Waals surface area contributed by atoms with Gasteiger partial charge in [-0.05, 0) is 42.8 Å². The Bertz CT molecular complexity index is 1270. The standard InChI is InChI=1S/C17H15F3N2O4S3/c1-2-8-28(23,24)16-21-14-7-6-12(10-15(14)27-16)22-29(25,26)13-5-3-4-11(9-13)17(18,19)20/h3-7,9-10,22H,2,8H2,1H3. The van der Waals surface area contributed by atoms with Crippen LogP contribution in [0.5, 0.6) is 0 Å². The first-order chi connectivity index (χ1) is 13.4. The van der Waals surface area contributed by atoms with E-state index in [0.29, 0.717) is 22.7 Å². The van der Waals surface area contributed by atoms with Crippen molar-refractivity contribution in [2.75, 3.05) is 10.5 Å². The number of fused-ring (bicyclic) bond motifs is 1. The molecule has 29 heavy (non-hydrogen) atoms. The first kappa shape index (κ1) is 21.5. The van der Waals surface area contributed by atoms with E-state index in [2.05, 4.69) is 9.71 Å². The fourth-order valence-electron chi connectivity index (χ4n) is 2.51. The van der Waals surface area contributed by atoms with Crippen LogP contribution >= 0.6 is 11.3 Å². The molecule has 1 aromatic heterocycles. The molecule has 2 aromatic carbocycles. The summed E-state index contributed by atoms with van der Waals surface area (Å²) in [6.07, 6.45) is -4.24. The maximum Gasteiger partial charge on any atom is 0.416 e. The highest BCUT2D eigenvalue weighted by Gasteiger charge is 2.31. The number of halogens is 3. The fourth-order valence-corrected chi connectivity index (χ4v) is 6.32. The van der Waals surface area contributed by atoms with E-state index in [9.17, 15) is 30.0 Å². The Kier molecular flexibility index (Phi) is 5.62. The Labute approximate surface area is 169 Å². The van der Waals surface area contributed by atoms with Crippen molar-refractivity contribution in [3.05, 3.63) is 48.0 Å². The molecule has 1 N–H and O–H groups in total. The molecule has 0 aliphatic rings. The quantitative estimate of drug-likeness (QED) is 0.587. The Balaban J connectivity index is 1.93. The molecule has 0 amide bonds. The second kappa shape index (κ2) is 7.58. The SMILES string of the molecule is CCCS(=O)(=O)c1nc2ccc(NS(=O)(=O)c3cccc(C(F)(F)F)c3)cc2s1. The van der Waals surface area contributed by atoms with E-state index in [1.165, 1.54) is 18.2 Å². The lowest BCUT2D eigenvalue weighted by Crippen LogP contribution is -2.14. The first-order valence-corrected chi connectivity index (χ1v) is 12.2.